The van der Waals surface area contributed by atoms with Crippen molar-refractivity contribution in [1.29, 1.82) is 0 Å². The molecule has 0 unspecified atom stereocenters. The summed E-state index contributed by atoms with van der Waals surface area (Å²) in [5, 5.41) is 8.96. The summed E-state index contributed by atoms with van der Waals surface area (Å²) in [6, 6.07) is 7.77. The number of hydrogen-bond acceptors (Lipinski definition) is 3. The van der Waals surface area contributed by atoms with Crippen LogP contribution >= 0.6 is 0 Å². The molecule has 0 amide bonds. The summed E-state index contributed by atoms with van der Waals surface area (Å²) in [4.78, 5) is 0. The fraction of sp³-hybridized carbons (Fsp3) is 0.333. The lowest BCUT2D eigenvalue weighted by atomic mass is 10.1. The van der Waals surface area contributed by atoms with Gasteiger partial charge in [0.25, 0.3) is 0 Å². The maximum atomic E-state index is 8.96. The van der Waals surface area contributed by atoms with Gasteiger partial charge >= 0.3 is 0 Å². The van der Waals surface area contributed by atoms with E-state index in [2.05, 4.69) is 0 Å². The molecule has 0 radical (unpaired) electrons. The lowest BCUT2D eigenvalue weighted by Gasteiger charge is -2.09. The Morgan fingerprint density at radius 3 is 3.07 bits per heavy atom. The van der Waals surface area contributed by atoms with Crippen LogP contribution in [-0.2, 0) is 4.74 Å². The molecule has 1 aliphatic heterocycles. The van der Waals surface area contributed by atoms with Crippen molar-refractivity contribution in [2.75, 3.05) is 20.3 Å². The molecule has 2 rings (SSSR count). The van der Waals surface area contributed by atoms with Crippen LogP contribution in [-0.4, -0.2) is 25.4 Å². The molecule has 3 heteroatoms. The summed E-state index contributed by atoms with van der Waals surface area (Å²) in [6.45, 7) is 0.582. The molecule has 0 spiro atoms. The highest BCUT2D eigenvalue weighted by Crippen LogP contribution is 2.28. The van der Waals surface area contributed by atoms with Gasteiger partial charge in [0.15, 0.2) is 0 Å². The number of aliphatic hydroxyl groups excluding tert-OH is 1. The Morgan fingerprint density at radius 2 is 2.40 bits per heavy atom. The van der Waals surface area contributed by atoms with E-state index in [1.807, 2.05) is 30.3 Å². The third-order valence-electron chi connectivity index (χ3n) is 2.46. The highest BCUT2D eigenvalue weighted by Gasteiger charge is 2.17. The zero-order chi connectivity index (χ0) is 10.7. The third-order valence-corrected chi connectivity index (χ3v) is 2.46. The second-order valence-corrected chi connectivity index (χ2v) is 3.49. The van der Waals surface area contributed by atoms with Gasteiger partial charge in [-0.2, -0.15) is 0 Å². The highest BCUT2D eigenvalue weighted by atomic mass is 16.5. The second kappa shape index (κ2) is 4.47. The number of benzene rings is 1. The molecule has 1 aromatic rings. The van der Waals surface area contributed by atoms with Crippen molar-refractivity contribution in [3.63, 3.8) is 0 Å². The van der Waals surface area contributed by atoms with E-state index in [0.717, 1.165) is 16.9 Å². The first-order valence-corrected chi connectivity index (χ1v) is 4.89. The summed E-state index contributed by atoms with van der Waals surface area (Å²) in [5.41, 5.74) is 1.99. The fourth-order valence-corrected chi connectivity index (χ4v) is 1.62. The van der Waals surface area contributed by atoms with E-state index in [1.54, 1.807) is 7.11 Å². The van der Waals surface area contributed by atoms with E-state index in [9.17, 15) is 0 Å². The van der Waals surface area contributed by atoms with Crippen LogP contribution in [0.25, 0.3) is 0 Å². The lowest BCUT2D eigenvalue weighted by molar-refractivity contribution is 0.122. The molecule has 0 saturated carbocycles. The van der Waals surface area contributed by atoms with Gasteiger partial charge in [-0.3, -0.25) is 0 Å². The molecule has 0 bridgehead atoms. The van der Waals surface area contributed by atoms with E-state index in [-0.39, 0.29) is 12.7 Å². The minimum Gasteiger partial charge on any atom is -0.497 e. The normalized spacial score (nSPS) is 20.1. The Labute approximate surface area is 88.9 Å². The average molecular weight is 206 g/mol. The highest BCUT2D eigenvalue weighted by molar-refractivity contribution is 5.33. The van der Waals surface area contributed by atoms with Crippen LogP contribution < -0.4 is 4.74 Å². The average Bonchev–Trinajstić information content (AvgIpc) is 2.78. The zero-order valence-electron chi connectivity index (χ0n) is 8.64. The monoisotopic (exact) mass is 206 g/mol. The SMILES string of the molecule is COc1cccc([C@H]2C=C(CO)CO2)c1. The lowest BCUT2D eigenvalue weighted by Crippen LogP contribution is -1.96. The summed E-state index contributed by atoms with van der Waals surface area (Å²) in [7, 11) is 1.64. The van der Waals surface area contributed by atoms with Gasteiger partial charge in [0, 0.05) is 0 Å². The molecule has 15 heavy (non-hydrogen) atoms. The van der Waals surface area contributed by atoms with Gasteiger partial charge in [-0.1, -0.05) is 12.1 Å². The van der Waals surface area contributed by atoms with Crippen LogP contribution in [0.2, 0.25) is 0 Å². The van der Waals surface area contributed by atoms with Crippen LogP contribution in [0.5, 0.6) is 5.75 Å². The molecule has 0 fully saturated rings. The van der Waals surface area contributed by atoms with Crippen molar-refractivity contribution < 1.29 is 14.6 Å². The third kappa shape index (κ3) is 2.19. The van der Waals surface area contributed by atoms with Gasteiger partial charge in [0.05, 0.1) is 20.3 Å². The molecular weight excluding hydrogens is 192 g/mol. The standard InChI is InChI=1S/C12H14O3/c1-14-11-4-2-3-10(6-11)12-5-9(7-13)8-15-12/h2-6,12-13H,7-8H2,1H3/t12-/m1/s1. The van der Waals surface area contributed by atoms with Crippen molar-refractivity contribution in [3.8, 4) is 5.75 Å². The van der Waals surface area contributed by atoms with Gasteiger partial charge in [-0.05, 0) is 29.3 Å². The number of rotatable bonds is 3. The minimum atomic E-state index is -0.0535. The van der Waals surface area contributed by atoms with Crippen LogP contribution in [0.15, 0.2) is 35.9 Å². The Morgan fingerprint density at radius 1 is 1.53 bits per heavy atom. The largest absolute Gasteiger partial charge is 0.497 e. The van der Waals surface area contributed by atoms with Crippen LogP contribution in [0.3, 0.4) is 0 Å². The van der Waals surface area contributed by atoms with Crippen molar-refractivity contribution in [3.05, 3.63) is 41.5 Å². The summed E-state index contributed by atoms with van der Waals surface area (Å²) in [5.74, 6) is 0.821. The smallest absolute Gasteiger partial charge is 0.119 e. The molecule has 1 heterocycles. The number of hydrogen-bond donors (Lipinski definition) is 1. The number of aliphatic hydroxyl groups is 1. The molecule has 0 saturated heterocycles. The molecule has 80 valence electrons. The van der Waals surface area contributed by atoms with E-state index in [4.69, 9.17) is 14.6 Å². The Balaban J connectivity index is 2.19. The first-order chi connectivity index (χ1) is 7.33. The fourth-order valence-electron chi connectivity index (χ4n) is 1.62. The molecule has 1 aliphatic rings. The summed E-state index contributed by atoms with van der Waals surface area (Å²) < 4.78 is 10.7. The number of methoxy groups -OCH3 is 1. The van der Waals surface area contributed by atoms with E-state index < -0.39 is 0 Å². The van der Waals surface area contributed by atoms with Gasteiger partial charge < -0.3 is 14.6 Å². The molecular formula is C12H14O3. The molecule has 1 N–H and O–H groups in total. The summed E-state index contributed by atoms with van der Waals surface area (Å²) in [6.07, 6.45) is 1.90. The van der Waals surface area contributed by atoms with Crippen molar-refractivity contribution in [1.82, 2.24) is 0 Å². The topological polar surface area (TPSA) is 38.7 Å². The van der Waals surface area contributed by atoms with Gasteiger partial charge in [-0.25, -0.2) is 0 Å². The minimum absolute atomic E-state index is 0.0535. The van der Waals surface area contributed by atoms with Gasteiger partial charge in [0.1, 0.15) is 11.9 Å². The zero-order valence-corrected chi connectivity index (χ0v) is 8.64. The Hall–Kier alpha value is -1.32. The van der Waals surface area contributed by atoms with E-state index in [1.165, 1.54) is 0 Å². The quantitative estimate of drug-likeness (QED) is 0.765. The van der Waals surface area contributed by atoms with Crippen molar-refractivity contribution >= 4 is 0 Å². The Bertz CT molecular complexity index is 371. The number of ether oxygens (including phenoxy) is 2. The summed E-state index contributed by atoms with van der Waals surface area (Å²) >= 11 is 0. The van der Waals surface area contributed by atoms with Crippen molar-refractivity contribution in [2.24, 2.45) is 0 Å². The molecule has 0 aliphatic carbocycles. The van der Waals surface area contributed by atoms with E-state index in [0.29, 0.717) is 6.61 Å². The predicted molar refractivity (Wildman–Crippen MR) is 56.9 cm³/mol. The Kier molecular flexibility index (Phi) is 3.04. The predicted octanol–water partition coefficient (Wildman–Crippen LogP) is 1.69. The maximum Gasteiger partial charge on any atom is 0.119 e. The molecule has 1 atom stereocenters. The second-order valence-electron chi connectivity index (χ2n) is 3.49. The first-order valence-electron chi connectivity index (χ1n) is 4.89. The first kappa shape index (κ1) is 10.2. The van der Waals surface area contributed by atoms with Crippen LogP contribution in [0.1, 0.15) is 11.7 Å². The van der Waals surface area contributed by atoms with Crippen LogP contribution in [0.4, 0.5) is 0 Å². The molecule has 3 nitrogen and oxygen atoms in total. The van der Waals surface area contributed by atoms with Crippen molar-refractivity contribution in [2.45, 2.75) is 6.10 Å². The van der Waals surface area contributed by atoms with Gasteiger partial charge in [-0.15, -0.1) is 0 Å². The maximum absolute atomic E-state index is 8.96. The molecule has 0 aromatic heterocycles. The van der Waals surface area contributed by atoms with Gasteiger partial charge in [0.2, 0.25) is 0 Å². The van der Waals surface area contributed by atoms with E-state index >= 15 is 0 Å². The van der Waals surface area contributed by atoms with Crippen LogP contribution in [0, 0.1) is 0 Å². The molecule has 1 aromatic carbocycles.